The topological polar surface area (TPSA) is 9.23 Å². The van der Waals surface area contributed by atoms with Crippen molar-refractivity contribution in [3.8, 4) is 11.8 Å². The van der Waals surface area contributed by atoms with Crippen molar-refractivity contribution in [2.45, 2.75) is 39.5 Å². The summed E-state index contributed by atoms with van der Waals surface area (Å²) in [5.41, 5.74) is 2.78. The van der Waals surface area contributed by atoms with E-state index < -0.39 is 0 Å². The quantitative estimate of drug-likeness (QED) is 0.433. The number of hydrogen-bond acceptors (Lipinski definition) is 1. The van der Waals surface area contributed by atoms with Gasteiger partial charge in [0.1, 0.15) is 6.61 Å². The van der Waals surface area contributed by atoms with E-state index in [9.17, 15) is 0 Å². The van der Waals surface area contributed by atoms with Gasteiger partial charge in [0.05, 0.1) is 6.61 Å². The molecule has 1 heteroatoms. The standard InChI is InChI=1S/C14H20O/c1-13-8-5-3-4-6-11-15-12-14(2)10-7-9-13/h8,10H,3,5,7,9,11-12H2,1-2H3. The zero-order chi connectivity index (χ0) is 10.9. The second-order valence-corrected chi connectivity index (χ2v) is 4.02. The first-order chi connectivity index (χ1) is 7.29. The average Bonchev–Trinajstić information content (AvgIpc) is 2.22. The van der Waals surface area contributed by atoms with Crippen molar-refractivity contribution < 1.29 is 4.74 Å². The van der Waals surface area contributed by atoms with Crippen molar-refractivity contribution in [1.82, 2.24) is 0 Å². The Balaban J connectivity index is 2.52. The summed E-state index contributed by atoms with van der Waals surface area (Å²) in [4.78, 5) is 0. The molecule has 0 saturated heterocycles. The monoisotopic (exact) mass is 204 g/mol. The molecule has 0 N–H and O–H groups in total. The van der Waals surface area contributed by atoms with E-state index >= 15 is 0 Å². The van der Waals surface area contributed by atoms with E-state index in [1.165, 1.54) is 11.1 Å². The van der Waals surface area contributed by atoms with Gasteiger partial charge in [-0.1, -0.05) is 29.2 Å². The summed E-state index contributed by atoms with van der Waals surface area (Å²) in [6, 6.07) is 0. The number of allylic oxidation sites excluding steroid dienone is 3. The maximum absolute atomic E-state index is 5.43. The molecule has 1 aliphatic rings. The summed E-state index contributed by atoms with van der Waals surface area (Å²) < 4.78 is 5.43. The lowest BCUT2D eigenvalue weighted by Gasteiger charge is -2.01. The minimum atomic E-state index is 0.563. The highest BCUT2D eigenvalue weighted by Gasteiger charge is 1.92. The van der Waals surface area contributed by atoms with Crippen LogP contribution in [0.5, 0.6) is 0 Å². The van der Waals surface area contributed by atoms with Gasteiger partial charge >= 0.3 is 0 Å². The fourth-order valence-corrected chi connectivity index (χ4v) is 1.50. The third kappa shape index (κ3) is 6.14. The van der Waals surface area contributed by atoms with Gasteiger partial charge in [-0.25, -0.2) is 0 Å². The van der Waals surface area contributed by atoms with Gasteiger partial charge in [-0.2, -0.15) is 0 Å². The summed E-state index contributed by atoms with van der Waals surface area (Å²) in [5.74, 6) is 6.15. The molecule has 0 bridgehead atoms. The molecule has 0 saturated carbocycles. The first-order valence-electron chi connectivity index (χ1n) is 5.64. The molecule has 1 nitrogen and oxygen atoms in total. The molecule has 15 heavy (non-hydrogen) atoms. The molecule has 0 unspecified atom stereocenters. The lowest BCUT2D eigenvalue weighted by atomic mass is 10.1. The first-order valence-corrected chi connectivity index (χ1v) is 5.64. The van der Waals surface area contributed by atoms with Crippen molar-refractivity contribution in [1.29, 1.82) is 0 Å². The highest BCUT2D eigenvalue weighted by atomic mass is 16.5. The molecular formula is C14H20O. The second-order valence-electron chi connectivity index (χ2n) is 4.02. The zero-order valence-electron chi connectivity index (χ0n) is 9.81. The number of rotatable bonds is 0. The van der Waals surface area contributed by atoms with E-state index in [0.29, 0.717) is 6.61 Å². The zero-order valence-corrected chi connectivity index (χ0v) is 9.81. The predicted molar refractivity (Wildman–Crippen MR) is 64.6 cm³/mol. The van der Waals surface area contributed by atoms with Gasteiger partial charge in [-0.15, -0.1) is 5.92 Å². The second kappa shape index (κ2) is 7.31. The molecular weight excluding hydrogens is 184 g/mol. The molecule has 0 aromatic rings. The average molecular weight is 204 g/mol. The molecule has 0 amide bonds. The first kappa shape index (κ1) is 12.1. The Kier molecular flexibility index (Phi) is 5.88. The highest BCUT2D eigenvalue weighted by Crippen LogP contribution is 2.09. The summed E-state index contributed by atoms with van der Waals surface area (Å²) in [6.07, 6.45) is 8.87. The Morgan fingerprint density at radius 2 is 1.87 bits per heavy atom. The van der Waals surface area contributed by atoms with Crippen molar-refractivity contribution in [3.63, 3.8) is 0 Å². The highest BCUT2D eigenvalue weighted by molar-refractivity contribution is 5.07. The van der Waals surface area contributed by atoms with Crippen molar-refractivity contribution in [3.05, 3.63) is 23.3 Å². The summed E-state index contributed by atoms with van der Waals surface area (Å²) in [6.45, 7) is 5.60. The van der Waals surface area contributed by atoms with Crippen molar-refractivity contribution in [2.75, 3.05) is 13.2 Å². The van der Waals surface area contributed by atoms with Gasteiger partial charge in [-0.3, -0.25) is 0 Å². The molecule has 1 heterocycles. The van der Waals surface area contributed by atoms with Gasteiger partial charge in [0.25, 0.3) is 0 Å². The van der Waals surface area contributed by atoms with E-state index in [1.54, 1.807) is 0 Å². The van der Waals surface area contributed by atoms with E-state index in [1.807, 2.05) is 0 Å². The Hall–Kier alpha value is -1.00. The molecule has 0 atom stereocenters. The van der Waals surface area contributed by atoms with Crippen LogP contribution in [-0.4, -0.2) is 13.2 Å². The predicted octanol–water partition coefficient (Wildman–Crippen LogP) is 3.47. The third-order valence-corrected chi connectivity index (χ3v) is 2.42. The van der Waals surface area contributed by atoms with Crippen LogP contribution in [0.3, 0.4) is 0 Å². The van der Waals surface area contributed by atoms with E-state index in [4.69, 9.17) is 4.74 Å². The van der Waals surface area contributed by atoms with Crippen LogP contribution in [0.4, 0.5) is 0 Å². The van der Waals surface area contributed by atoms with Crippen LogP contribution in [0.25, 0.3) is 0 Å². The smallest absolute Gasteiger partial charge is 0.108 e. The van der Waals surface area contributed by atoms with Crippen LogP contribution in [-0.2, 0) is 4.74 Å². The van der Waals surface area contributed by atoms with Gasteiger partial charge in [0, 0.05) is 6.42 Å². The molecule has 82 valence electrons. The van der Waals surface area contributed by atoms with Crippen LogP contribution < -0.4 is 0 Å². The molecule has 0 spiro atoms. The normalized spacial score (nSPS) is 19.6. The summed E-state index contributed by atoms with van der Waals surface area (Å²) >= 11 is 0. The minimum Gasteiger partial charge on any atom is -0.364 e. The molecule has 0 aromatic carbocycles. The van der Waals surface area contributed by atoms with Crippen LogP contribution in [0.15, 0.2) is 23.3 Å². The maximum Gasteiger partial charge on any atom is 0.108 e. The number of hydrogen-bond donors (Lipinski definition) is 0. The van der Waals surface area contributed by atoms with E-state index in [0.717, 1.165) is 32.3 Å². The molecule has 0 aliphatic carbocycles. The maximum atomic E-state index is 5.43. The fraction of sp³-hybridized carbons (Fsp3) is 0.571. The van der Waals surface area contributed by atoms with Crippen LogP contribution >= 0.6 is 0 Å². The molecule has 1 aliphatic heterocycles. The van der Waals surface area contributed by atoms with E-state index in [2.05, 4.69) is 37.8 Å². The van der Waals surface area contributed by atoms with E-state index in [-0.39, 0.29) is 0 Å². The Morgan fingerprint density at radius 3 is 2.73 bits per heavy atom. The van der Waals surface area contributed by atoms with Crippen LogP contribution in [0.2, 0.25) is 0 Å². The Bertz CT molecular complexity index is 299. The molecule has 0 radical (unpaired) electrons. The van der Waals surface area contributed by atoms with Gasteiger partial charge < -0.3 is 4.74 Å². The lowest BCUT2D eigenvalue weighted by molar-refractivity contribution is 0.192. The van der Waals surface area contributed by atoms with Crippen LogP contribution in [0, 0.1) is 11.8 Å². The molecule has 0 aromatic heterocycles. The molecule has 0 fully saturated rings. The summed E-state index contributed by atoms with van der Waals surface area (Å²) in [5, 5.41) is 0. The lowest BCUT2D eigenvalue weighted by Crippen LogP contribution is -1.95. The van der Waals surface area contributed by atoms with Crippen molar-refractivity contribution >= 4 is 0 Å². The number of ether oxygens (including phenoxy) is 1. The molecule has 1 rings (SSSR count). The van der Waals surface area contributed by atoms with Crippen molar-refractivity contribution in [2.24, 2.45) is 0 Å². The summed E-state index contributed by atoms with van der Waals surface area (Å²) in [7, 11) is 0. The SMILES string of the molecule is CC1=CCCC#CCOCC(C)=CCC1. The fourth-order valence-electron chi connectivity index (χ4n) is 1.50. The largest absolute Gasteiger partial charge is 0.364 e. The Morgan fingerprint density at radius 1 is 1.07 bits per heavy atom. The van der Waals surface area contributed by atoms with Crippen LogP contribution in [0.1, 0.15) is 39.5 Å². The third-order valence-electron chi connectivity index (χ3n) is 2.42. The van der Waals surface area contributed by atoms with Gasteiger partial charge in [0.15, 0.2) is 0 Å². The van der Waals surface area contributed by atoms with Gasteiger partial charge in [0.2, 0.25) is 0 Å². The van der Waals surface area contributed by atoms with Gasteiger partial charge in [-0.05, 0) is 33.1 Å². The minimum absolute atomic E-state index is 0.563. The Labute approximate surface area is 93.2 Å².